The summed E-state index contributed by atoms with van der Waals surface area (Å²) in [6.45, 7) is 4.52. The predicted octanol–water partition coefficient (Wildman–Crippen LogP) is 12.4. The Balaban J connectivity index is 0. The van der Waals surface area contributed by atoms with Crippen LogP contribution < -0.4 is 0 Å². The summed E-state index contributed by atoms with van der Waals surface area (Å²) in [6.07, 6.45) is 55.5. The van der Waals surface area contributed by atoms with Crippen LogP contribution in [0.4, 0.5) is 0 Å². The summed E-state index contributed by atoms with van der Waals surface area (Å²) in [5.74, 6) is -1.84. The molecule has 0 aliphatic carbocycles. The van der Waals surface area contributed by atoms with Crippen molar-refractivity contribution < 1.29 is 19.8 Å². The summed E-state index contributed by atoms with van der Waals surface area (Å²) < 4.78 is 0. The first-order valence-corrected chi connectivity index (χ1v) is 17.3. The zero-order chi connectivity index (χ0) is 32.6. The summed E-state index contributed by atoms with van der Waals surface area (Å²) in [5, 5.41) is 16.8. The van der Waals surface area contributed by atoms with Crippen molar-refractivity contribution in [2.75, 3.05) is 0 Å². The Hall–Kier alpha value is -3.14. The van der Waals surface area contributed by atoms with Gasteiger partial charge in [0.2, 0.25) is 0 Å². The van der Waals surface area contributed by atoms with E-state index < -0.39 is 11.9 Å². The highest BCUT2D eigenvalue weighted by atomic mass is 16.4. The third-order valence-corrected chi connectivity index (χ3v) is 6.81. The Morgan fingerprint density at radius 1 is 0.364 bits per heavy atom. The van der Waals surface area contributed by atoms with Crippen molar-refractivity contribution in [2.45, 2.75) is 142 Å². The van der Waals surface area contributed by atoms with Crippen LogP contribution in [0.2, 0.25) is 0 Å². The fourth-order valence-corrected chi connectivity index (χ4v) is 4.28. The zero-order valence-corrected chi connectivity index (χ0v) is 28.1. The third-order valence-electron chi connectivity index (χ3n) is 6.81. The van der Waals surface area contributed by atoms with Crippen molar-refractivity contribution in [1.82, 2.24) is 0 Å². The van der Waals surface area contributed by atoms with E-state index in [1.165, 1.54) is 128 Å². The number of allylic oxidation sites excluding steroid dienone is 14. The van der Waals surface area contributed by atoms with Crippen LogP contribution in [0.1, 0.15) is 142 Å². The number of carbonyl (C=O) groups is 2. The number of hydrogen-bond acceptors (Lipinski definition) is 2. The lowest BCUT2D eigenvalue weighted by Crippen LogP contribution is -1.84. The number of carboxylic acids is 2. The molecular formula is C40H64O4. The van der Waals surface area contributed by atoms with Crippen molar-refractivity contribution in [3.8, 4) is 0 Å². The first kappa shape index (κ1) is 43.0. The van der Waals surface area contributed by atoms with Crippen LogP contribution >= 0.6 is 0 Å². The molecule has 0 unspecified atom stereocenters. The van der Waals surface area contributed by atoms with Gasteiger partial charge in [-0.05, 0) is 25.7 Å². The largest absolute Gasteiger partial charge is 0.478 e. The molecule has 0 saturated carbocycles. The topological polar surface area (TPSA) is 74.6 Å². The van der Waals surface area contributed by atoms with Gasteiger partial charge in [0.15, 0.2) is 0 Å². The predicted molar refractivity (Wildman–Crippen MR) is 192 cm³/mol. The molecule has 44 heavy (non-hydrogen) atoms. The number of rotatable bonds is 28. The lowest BCUT2D eigenvalue weighted by Gasteiger charge is -2.01. The smallest absolute Gasteiger partial charge is 0.328 e. The maximum Gasteiger partial charge on any atom is 0.328 e. The van der Waals surface area contributed by atoms with E-state index in [9.17, 15) is 9.59 Å². The molecule has 0 radical (unpaired) electrons. The van der Waals surface area contributed by atoms with Crippen molar-refractivity contribution in [2.24, 2.45) is 0 Å². The van der Waals surface area contributed by atoms with E-state index in [0.29, 0.717) is 0 Å². The molecule has 4 heteroatoms. The second-order valence-corrected chi connectivity index (χ2v) is 11.0. The Morgan fingerprint density at radius 2 is 0.614 bits per heavy atom. The minimum Gasteiger partial charge on any atom is -0.478 e. The molecule has 0 aromatic heterocycles. The number of carboxylic acid groups (broad SMARTS) is 2. The van der Waals surface area contributed by atoms with Gasteiger partial charge in [0, 0.05) is 12.2 Å². The molecule has 2 N–H and O–H groups in total. The molecule has 0 saturated heterocycles. The highest BCUT2D eigenvalue weighted by Crippen LogP contribution is 2.12. The van der Waals surface area contributed by atoms with Crippen molar-refractivity contribution in [1.29, 1.82) is 0 Å². The quantitative estimate of drug-likeness (QED) is 0.0526. The first-order chi connectivity index (χ1) is 21.5. The molecule has 0 bridgehead atoms. The highest BCUT2D eigenvalue weighted by molar-refractivity contribution is 5.80. The zero-order valence-electron chi connectivity index (χ0n) is 28.1. The molecule has 0 heterocycles. The first-order valence-electron chi connectivity index (χ1n) is 17.3. The number of hydrogen-bond donors (Lipinski definition) is 2. The molecule has 0 spiro atoms. The third kappa shape index (κ3) is 45.8. The summed E-state index contributed by atoms with van der Waals surface area (Å²) in [5.41, 5.74) is 0. The molecule has 0 aliphatic rings. The van der Waals surface area contributed by atoms with E-state index in [4.69, 9.17) is 10.2 Å². The van der Waals surface area contributed by atoms with Gasteiger partial charge in [-0.15, -0.1) is 0 Å². The molecule has 0 amide bonds. The molecule has 0 aromatic rings. The molecule has 0 atom stereocenters. The number of unbranched alkanes of at least 4 members (excludes halogenated alkanes) is 18. The Bertz CT molecular complexity index is 868. The normalized spacial score (nSPS) is 12.4. The van der Waals surface area contributed by atoms with Gasteiger partial charge in [0.25, 0.3) is 0 Å². The van der Waals surface area contributed by atoms with E-state index >= 15 is 0 Å². The van der Waals surface area contributed by atoms with E-state index in [1.807, 2.05) is 36.5 Å². The van der Waals surface area contributed by atoms with Gasteiger partial charge in [-0.2, -0.15) is 0 Å². The van der Waals surface area contributed by atoms with E-state index in [2.05, 4.69) is 32.1 Å². The molecule has 0 aromatic carbocycles. The fraction of sp³-hybridized carbons (Fsp3) is 0.550. The molecule has 248 valence electrons. The summed E-state index contributed by atoms with van der Waals surface area (Å²) in [4.78, 5) is 20.4. The summed E-state index contributed by atoms with van der Waals surface area (Å²) in [7, 11) is 0. The van der Waals surface area contributed by atoms with Gasteiger partial charge in [0.05, 0.1) is 0 Å². The van der Waals surface area contributed by atoms with Gasteiger partial charge < -0.3 is 10.2 Å². The average molecular weight is 609 g/mol. The van der Waals surface area contributed by atoms with Crippen LogP contribution in [-0.2, 0) is 9.59 Å². The SMILES string of the molecule is CCCCCCCCC/C=C/C=C/C=C/C=C/C=C/C(=O)O.CCCCCCCCCCCCC/C=C/C=C/C=C/C(=O)O. The van der Waals surface area contributed by atoms with Crippen LogP contribution in [0, 0.1) is 0 Å². The van der Waals surface area contributed by atoms with Crippen LogP contribution in [-0.4, -0.2) is 22.2 Å². The monoisotopic (exact) mass is 608 g/mol. The Kier molecular flexibility index (Phi) is 38.9. The Labute approximate surface area is 270 Å². The van der Waals surface area contributed by atoms with E-state index in [1.54, 1.807) is 18.2 Å². The fourth-order valence-electron chi connectivity index (χ4n) is 4.28. The van der Waals surface area contributed by atoms with Crippen molar-refractivity contribution in [3.05, 3.63) is 97.2 Å². The Morgan fingerprint density at radius 3 is 0.909 bits per heavy atom. The van der Waals surface area contributed by atoms with Gasteiger partial charge in [-0.3, -0.25) is 0 Å². The highest BCUT2D eigenvalue weighted by Gasteiger charge is 1.92. The minimum atomic E-state index is -0.931. The van der Waals surface area contributed by atoms with Gasteiger partial charge in [-0.1, -0.05) is 202 Å². The van der Waals surface area contributed by atoms with Crippen LogP contribution in [0.25, 0.3) is 0 Å². The van der Waals surface area contributed by atoms with Crippen LogP contribution in [0.5, 0.6) is 0 Å². The van der Waals surface area contributed by atoms with Crippen LogP contribution in [0.15, 0.2) is 97.2 Å². The van der Waals surface area contributed by atoms with Crippen molar-refractivity contribution in [3.63, 3.8) is 0 Å². The maximum absolute atomic E-state index is 10.2. The lowest BCUT2D eigenvalue weighted by atomic mass is 10.1. The second kappa shape index (κ2) is 39.9. The average Bonchev–Trinajstić information content (AvgIpc) is 3.00. The van der Waals surface area contributed by atoms with Gasteiger partial charge in [0.1, 0.15) is 0 Å². The number of aliphatic carboxylic acids is 2. The summed E-state index contributed by atoms with van der Waals surface area (Å²) in [6, 6.07) is 0. The molecule has 4 nitrogen and oxygen atoms in total. The maximum atomic E-state index is 10.2. The van der Waals surface area contributed by atoms with Crippen molar-refractivity contribution >= 4 is 11.9 Å². The van der Waals surface area contributed by atoms with Gasteiger partial charge in [-0.25, -0.2) is 9.59 Å². The van der Waals surface area contributed by atoms with Crippen LogP contribution in [0.3, 0.4) is 0 Å². The molecule has 0 rings (SSSR count). The molecule has 0 aliphatic heterocycles. The van der Waals surface area contributed by atoms with Gasteiger partial charge >= 0.3 is 11.9 Å². The molecule has 0 fully saturated rings. The summed E-state index contributed by atoms with van der Waals surface area (Å²) >= 11 is 0. The van der Waals surface area contributed by atoms with E-state index in [-0.39, 0.29) is 0 Å². The standard InChI is InChI=1S/C20H34O2.C20H30O2/c2*1-2-3-4-5-6-7-8-9-10-11-12-13-14-15-16-17-18-19-20(21)22/h14-19H,2-13H2,1H3,(H,21,22);10-19H,2-9H2,1H3,(H,21,22)/b15-14+,17-16+,19-18+;11-10+,13-12+,15-14+,17-16+,19-18+. The minimum absolute atomic E-state index is 0.908. The lowest BCUT2D eigenvalue weighted by molar-refractivity contribution is -0.132. The second-order valence-electron chi connectivity index (χ2n) is 11.0. The van der Waals surface area contributed by atoms with E-state index in [0.717, 1.165) is 25.0 Å². The molecular weight excluding hydrogens is 544 g/mol.